The van der Waals surface area contributed by atoms with Gasteiger partial charge in [-0.3, -0.25) is 48.6 Å². The third kappa shape index (κ3) is 25.0. The zero-order chi connectivity index (χ0) is 55.7. The standard InChI is InChI=1S/C58H75N7O10/c1-14-71-50(66)35-63(31-46-27-42(17-15-40-19-23-44(59)24-20-40)29-48(61-46)33-64(36-51(67)72-55(2,3)4)37-52(68)73-56(5,6)7)32-47-28-43(18-16-41-21-25-45(60)26-22-41)30-49(62-47)34-65(38-53(69)74-57(8,9)10)39-54(70)75-58(11,12)13/h19-30H,14,31-39,59-60H2,1-13H3. The van der Waals surface area contributed by atoms with Gasteiger partial charge in [-0.05, 0) is 163 Å². The molecule has 2 aromatic heterocycles. The summed E-state index contributed by atoms with van der Waals surface area (Å²) in [5, 5.41) is 0. The van der Waals surface area contributed by atoms with Crippen LogP contribution in [0, 0.1) is 23.7 Å². The second-order valence-electron chi connectivity index (χ2n) is 22.0. The average molecular weight is 1030 g/mol. The van der Waals surface area contributed by atoms with Crippen molar-refractivity contribution >= 4 is 41.2 Å². The maximum atomic E-state index is 13.4. The van der Waals surface area contributed by atoms with Gasteiger partial charge >= 0.3 is 29.8 Å². The van der Waals surface area contributed by atoms with Crippen molar-refractivity contribution in [1.82, 2.24) is 24.7 Å². The van der Waals surface area contributed by atoms with Crippen LogP contribution in [0.2, 0.25) is 0 Å². The summed E-state index contributed by atoms with van der Waals surface area (Å²) in [7, 11) is 0. The summed E-state index contributed by atoms with van der Waals surface area (Å²) in [4.78, 5) is 81.5. The van der Waals surface area contributed by atoms with Crippen LogP contribution in [0.1, 0.15) is 135 Å². The van der Waals surface area contributed by atoms with Crippen molar-refractivity contribution in [1.29, 1.82) is 0 Å². The lowest BCUT2D eigenvalue weighted by Gasteiger charge is -2.26. The Morgan fingerprint density at radius 2 is 0.667 bits per heavy atom. The molecule has 0 saturated carbocycles. The van der Waals surface area contributed by atoms with Crippen molar-refractivity contribution < 1.29 is 47.7 Å². The zero-order valence-electron chi connectivity index (χ0n) is 46.0. The van der Waals surface area contributed by atoms with Crippen molar-refractivity contribution in [3.05, 3.63) is 118 Å². The molecular weight excluding hydrogens is 955 g/mol. The highest BCUT2D eigenvalue weighted by molar-refractivity contribution is 5.76. The Bertz CT molecular complexity index is 2500. The number of nitrogens with zero attached hydrogens (tertiary/aromatic N) is 5. The van der Waals surface area contributed by atoms with Gasteiger partial charge in [0.1, 0.15) is 22.4 Å². The molecule has 0 aliphatic heterocycles. The van der Waals surface area contributed by atoms with Gasteiger partial charge in [-0.15, -0.1) is 0 Å². The molecule has 4 N–H and O–H groups in total. The molecule has 75 heavy (non-hydrogen) atoms. The molecule has 4 rings (SSSR count). The lowest BCUT2D eigenvalue weighted by Crippen LogP contribution is -2.39. The lowest BCUT2D eigenvalue weighted by atomic mass is 10.1. The predicted molar refractivity (Wildman–Crippen MR) is 287 cm³/mol. The van der Waals surface area contributed by atoms with Gasteiger partial charge in [0.15, 0.2) is 0 Å². The number of benzene rings is 2. The van der Waals surface area contributed by atoms with Crippen LogP contribution >= 0.6 is 0 Å². The van der Waals surface area contributed by atoms with E-state index >= 15 is 0 Å². The molecular formula is C58H75N7O10. The van der Waals surface area contributed by atoms with Crippen LogP contribution in [-0.4, -0.2) is 116 Å². The number of aromatic nitrogens is 2. The number of nitrogen functional groups attached to an aromatic ring is 2. The minimum absolute atomic E-state index is 0.0173. The number of carbonyl (C=O) groups is 5. The highest BCUT2D eigenvalue weighted by Crippen LogP contribution is 2.19. The molecule has 4 aromatic rings. The Labute approximate surface area is 443 Å². The van der Waals surface area contributed by atoms with Crippen molar-refractivity contribution in [3.63, 3.8) is 0 Å². The quantitative estimate of drug-likeness (QED) is 0.0419. The number of hydrogen-bond donors (Lipinski definition) is 2. The molecule has 0 aliphatic carbocycles. The van der Waals surface area contributed by atoms with Gasteiger partial charge in [0.25, 0.3) is 0 Å². The van der Waals surface area contributed by atoms with Crippen LogP contribution in [0.4, 0.5) is 11.4 Å². The van der Waals surface area contributed by atoms with Crippen LogP contribution in [-0.2, 0) is 73.8 Å². The molecule has 0 aliphatic rings. The smallest absolute Gasteiger partial charge is 0.320 e. The van der Waals surface area contributed by atoms with Crippen LogP contribution in [0.3, 0.4) is 0 Å². The summed E-state index contributed by atoms with van der Waals surface area (Å²) < 4.78 is 28.0. The summed E-state index contributed by atoms with van der Waals surface area (Å²) >= 11 is 0. The van der Waals surface area contributed by atoms with Gasteiger partial charge in [0, 0.05) is 59.8 Å². The molecule has 17 heteroatoms. The predicted octanol–water partition coefficient (Wildman–Crippen LogP) is 6.98. The molecule has 0 amide bonds. The number of nitrogens with two attached hydrogens (primary N) is 2. The minimum atomic E-state index is -0.779. The molecule has 0 saturated heterocycles. The van der Waals surface area contributed by atoms with E-state index in [9.17, 15) is 24.0 Å². The summed E-state index contributed by atoms with van der Waals surface area (Å²) in [6, 6.07) is 21.4. The van der Waals surface area contributed by atoms with E-state index in [0.717, 1.165) is 0 Å². The van der Waals surface area contributed by atoms with E-state index in [4.69, 9.17) is 45.1 Å². The Kier molecular flexibility index (Phi) is 21.5. The Morgan fingerprint density at radius 1 is 0.413 bits per heavy atom. The van der Waals surface area contributed by atoms with Crippen LogP contribution in [0.15, 0.2) is 72.8 Å². The molecule has 2 aromatic carbocycles. The topological polar surface area (TPSA) is 219 Å². The SMILES string of the molecule is CCOC(=O)CN(Cc1cc(C#Cc2ccc(N)cc2)cc(CN(CC(=O)OC(C)(C)C)CC(=O)OC(C)(C)C)n1)Cc1cc(C#Cc2ccc(N)cc2)cc(CN(CC(=O)OC(C)(C)C)CC(=O)OC(C)(C)C)n1. The second kappa shape index (κ2) is 26.8. The van der Waals surface area contributed by atoms with Gasteiger partial charge < -0.3 is 35.2 Å². The zero-order valence-corrected chi connectivity index (χ0v) is 46.0. The minimum Gasteiger partial charge on any atom is -0.465 e. The maximum Gasteiger partial charge on any atom is 0.320 e. The summed E-state index contributed by atoms with van der Waals surface area (Å²) in [5.74, 6) is 10.1. The van der Waals surface area contributed by atoms with Crippen molar-refractivity contribution in [2.75, 3.05) is 50.8 Å². The molecule has 0 atom stereocenters. The number of hydrogen-bond acceptors (Lipinski definition) is 17. The fraction of sp³-hybridized carbons (Fsp3) is 0.466. The monoisotopic (exact) mass is 1030 g/mol. The first-order valence-corrected chi connectivity index (χ1v) is 24.8. The molecule has 0 bridgehead atoms. The average Bonchev–Trinajstić information content (AvgIpc) is 3.23. The number of rotatable bonds is 19. The molecule has 0 unspecified atom stereocenters. The first kappa shape index (κ1) is 60.2. The van der Waals surface area contributed by atoms with E-state index in [-0.39, 0.29) is 65.5 Å². The first-order valence-electron chi connectivity index (χ1n) is 24.8. The number of anilines is 2. The maximum absolute atomic E-state index is 13.4. The van der Waals surface area contributed by atoms with Crippen LogP contribution < -0.4 is 11.5 Å². The van der Waals surface area contributed by atoms with E-state index in [1.54, 1.807) is 173 Å². The summed E-state index contributed by atoms with van der Waals surface area (Å²) in [6.45, 7) is 22.0. The lowest BCUT2D eigenvalue weighted by molar-refractivity contribution is -0.162. The number of pyridine rings is 2. The van der Waals surface area contributed by atoms with Crippen LogP contribution in [0.5, 0.6) is 0 Å². The fourth-order valence-corrected chi connectivity index (χ4v) is 7.22. The van der Waals surface area contributed by atoms with Crippen molar-refractivity contribution in [3.8, 4) is 23.7 Å². The molecule has 0 fully saturated rings. The van der Waals surface area contributed by atoms with Crippen molar-refractivity contribution in [2.45, 2.75) is 139 Å². The third-order valence-electron chi connectivity index (χ3n) is 9.68. The van der Waals surface area contributed by atoms with Crippen LogP contribution in [0.25, 0.3) is 0 Å². The molecule has 17 nitrogen and oxygen atoms in total. The second-order valence-corrected chi connectivity index (χ2v) is 22.0. The third-order valence-corrected chi connectivity index (χ3v) is 9.68. The summed E-state index contributed by atoms with van der Waals surface area (Å²) in [6.07, 6.45) is 0. The van der Waals surface area contributed by atoms with E-state index in [1.807, 2.05) is 4.90 Å². The van der Waals surface area contributed by atoms with Gasteiger partial charge in [-0.25, -0.2) is 0 Å². The highest BCUT2D eigenvalue weighted by atomic mass is 16.6. The van der Waals surface area contributed by atoms with Crippen molar-refractivity contribution in [2.24, 2.45) is 0 Å². The number of ether oxygens (including phenoxy) is 5. The van der Waals surface area contributed by atoms with Gasteiger partial charge in [-0.1, -0.05) is 23.7 Å². The number of esters is 5. The van der Waals surface area contributed by atoms with Gasteiger partial charge in [-0.2, -0.15) is 0 Å². The van der Waals surface area contributed by atoms with E-state index in [2.05, 4.69) is 23.7 Å². The number of carbonyl (C=O) groups excluding carboxylic acids is 5. The molecule has 0 spiro atoms. The molecule has 2 heterocycles. The molecule has 0 radical (unpaired) electrons. The van der Waals surface area contributed by atoms with E-state index < -0.39 is 52.3 Å². The first-order chi connectivity index (χ1) is 34.9. The summed E-state index contributed by atoms with van der Waals surface area (Å²) in [5.41, 5.74) is 14.4. The van der Waals surface area contributed by atoms with Gasteiger partial charge in [0.2, 0.25) is 0 Å². The normalized spacial score (nSPS) is 11.8. The highest BCUT2D eigenvalue weighted by Gasteiger charge is 2.27. The Balaban J connectivity index is 1.85. The largest absolute Gasteiger partial charge is 0.465 e. The Morgan fingerprint density at radius 3 is 0.933 bits per heavy atom. The van der Waals surface area contributed by atoms with Gasteiger partial charge in [0.05, 0.1) is 62.1 Å². The van der Waals surface area contributed by atoms with E-state index in [1.165, 1.54) is 0 Å². The Hall–Kier alpha value is -7.31. The van der Waals surface area contributed by atoms with E-state index in [0.29, 0.717) is 56.4 Å². The fourth-order valence-electron chi connectivity index (χ4n) is 7.22. The molecule has 402 valence electrons.